The minimum Gasteiger partial charge on any atom is -0.480 e. The summed E-state index contributed by atoms with van der Waals surface area (Å²) in [5.41, 5.74) is 0. The predicted molar refractivity (Wildman–Crippen MR) is 54.4 cm³/mol. The molecule has 1 saturated heterocycles. The first-order valence-electron chi connectivity index (χ1n) is 4.78. The van der Waals surface area contributed by atoms with Gasteiger partial charge in [0.2, 0.25) is 10.0 Å². The topological polar surface area (TPSA) is 104 Å². The number of aliphatic hydroxyl groups excluding tert-OH is 1. The molecule has 1 heterocycles. The van der Waals surface area contributed by atoms with E-state index in [1.54, 1.807) is 0 Å². The first-order valence-corrected chi connectivity index (χ1v) is 6.38. The molecule has 0 bridgehead atoms. The summed E-state index contributed by atoms with van der Waals surface area (Å²) in [4.78, 5) is 10.8. The number of β-amino-alcohol motifs (C(OH)–C–C–N with tert-alkyl or cyclic N) is 1. The van der Waals surface area contributed by atoms with E-state index >= 15 is 0 Å². The van der Waals surface area contributed by atoms with Crippen molar-refractivity contribution in [3.8, 4) is 0 Å². The number of carbonyl (C=O) groups is 1. The predicted octanol–water partition coefficient (Wildman–Crippen LogP) is -1.52. The Balaban J connectivity index is 2.81. The van der Waals surface area contributed by atoms with Gasteiger partial charge in [-0.15, -0.1) is 0 Å². The number of methoxy groups -OCH3 is 1. The lowest BCUT2D eigenvalue weighted by Gasteiger charge is -2.20. The highest BCUT2D eigenvalue weighted by molar-refractivity contribution is 7.89. The highest BCUT2D eigenvalue weighted by Crippen LogP contribution is 2.22. The summed E-state index contributed by atoms with van der Waals surface area (Å²) in [6.45, 7) is -0.162. The fourth-order valence-electron chi connectivity index (χ4n) is 1.62. The molecule has 1 aliphatic heterocycles. The number of hydrogen-bond donors (Lipinski definition) is 2. The first kappa shape index (κ1) is 13.4. The van der Waals surface area contributed by atoms with E-state index < -0.39 is 28.1 Å². The van der Waals surface area contributed by atoms with Gasteiger partial charge < -0.3 is 14.9 Å². The Morgan fingerprint density at radius 2 is 2.19 bits per heavy atom. The Bertz CT molecular complexity index is 354. The zero-order valence-electron chi connectivity index (χ0n) is 8.87. The molecule has 0 amide bonds. The number of hydrogen-bond acceptors (Lipinski definition) is 5. The van der Waals surface area contributed by atoms with Gasteiger partial charge in [-0.05, 0) is 0 Å². The van der Waals surface area contributed by atoms with Crippen LogP contribution in [0.4, 0.5) is 0 Å². The smallest absolute Gasteiger partial charge is 0.322 e. The largest absolute Gasteiger partial charge is 0.480 e. The van der Waals surface area contributed by atoms with E-state index in [0.29, 0.717) is 0 Å². The molecule has 0 spiro atoms. The lowest BCUT2D eigenvalue weighted by Crippen LogP contribution is -2.42. The summed E-state index contributed by atoms with van der Waals surface area (Å²) < 4.78 is 28.9. The Kier molecular flexibility index (Phi) is 4.25. The van der Waals surface area contributed by atoms with Gasteiger partial charge in [0.25, 0.3) is 0 Å². The van der Waals surface area contributed by atoms with Crippen LogP contribution < -0.4 is 0 Å². The van der Waals surface area contributed by atoms with Gasteiger partial charge in [0.05, 0.1) is 18.5 Å². The Labute approximate surface area is 93.7 Å². The molecule has 1 fully saturated rings. The fourth-order valence-corrected chi connectivity index (χ4v) is 3.20. The molecule has 0 saturated carbocycles. The zero-order chi connectivity index (χ0) is 12.3. The summed E-state index contributed by atoms with van der Waals surface area (Å²) in [5, 5.41) is 18.1. The quantitative estimate of drug-likeness (QED) is 0.617. The number of nitrogens with zero attached hydrogens (tertiary/aromatic N) is 1. The zero-order valence-corrected chi connectivity index (χ0v) is 9.68. The number of aliphatic carboxylic acids is 1. The van der Waals surface area contributed by atoms with Crippen molar-refractivity contribution >= 4 is 16.0 Å². The van der Waals surface area contributed by atoms with Crippen molar-refractivity contribution < 1.29 is 28.2 Å². The summed E-state index contributed by atoms with van der Waals surface area (Å²) in [7, 11) is -2.32. The normalized spacial score (nSPS) is 27.1. The Morgan fingerprint density at radius 3 is 2.69 bits per heavy atom. The number of carboxylic acid groups (broad SMARTS) is 1. The van der Waals surface area contributed by atoms with Crippen LogP contribution in [0.25, 0.3) is 0 Å². The number of rotatable bonds is 5. The number of ether oxygens (including phenoxy) is 1. The molecule has 1 aliphatic rings. The minimum absolute atomic E-state index is 0.00126. The van der Waals surface area contributed by atoms with Crippen LogP contribution in [0.2, 0.25) is 0 Å². The molecule has 7 nitrogen and oxygen atoms in total. The average molecular weight is 253 g/mol. The second-order valence-electron chi connectivity index (χ2n) is 3.62. The van der Waals surface area contributed by atoms with Crippen molar-refractivity contribution in [1.29, 1.82) is 0 Å². The van der Waals surface area contributed by atoms with Gasteiger partial charge in [0.1, 0.15) is 6.04 Å². The second kappa shape index (κ2) is 5.09. The van der Waals surface area contributed by atoms with Crippen molar-refractivity contribution in [3.05, 3.63) is 0 Å². The molecule has 0 aliphatic carbocycles. The molecule has 0 aromatic carbocycles. The van der Waals surface area contributed by atoms with Gasteiger partial charge in [-0.2, -0.15) is 4.31 Å². The SMILES string of the molecule is COCCS(=O)(=O)N1C[C@@H](O)C[C@H]1C(=O)O. The number of aliphatic hydroxyl groups is 1. The van der Waals surface area contributed by atoms with Crippen molar-refractivity contribution in [2.75, 3.05) is 26.0 Å². The third kappa shape index (κ3) is 2.91. The summed E-state index contributed by atoms with van der Waals surface area (Å²) >= 11 is 0. The van der Waals surface area contributed by atoms with Crippen molar-refractivity contribution in [2.24, 2.45) is 0 Å². The van der Waals surface area contributed by atoms with Crippen molar-refractivity contribution in [3.63, 3.8) is 0 Å². The highest BCUT2D eigenvalue weighted by atomic mass is 32.2. The van der Waals surface area contributed by atoms with Crippen LogP contribution in [0.3, 0.4) is 0 Å². The van der Waals surface area contributed by atoms with E-state index in [-0.39, 0.29) is 25.3 Å². The van der Waals surface area contributed by atoms with E-state index in [0.717, 1.165) is 4.31 Å². The monoisotopic (exact) mass is 253 g/mol. The number of sulfonamides is 1. The molecule has 0 aromatic heterocycles. The average Bonchev–Trinajstić information content (AvgIpc) is 2.58. The number of carboxylic acids is 1. The van der Waals surface area contributed by atoms with Crippen LogP contribution in [-0.4, -0.2) is 67.1 Å². The van der Waals surface area contributed by atoms with E-state index in [9.17, 15) is 18.3 Å². The van der Waals surface area contributed by atoms with E-state index in [4.69, 9.17) is 5.11 Å². The molecule has 0 aromatic rings. The maximum atomic E-state index is 11.7. The van der Waals surface area contributed by atoms with Crippen molar-refractivity contribution in [2.45, 2.75) is 18.6 Å². The summed E-state index contributed by atoms with van der Waals surface area (Å²) in [6.07, 6.45) is -0.986. The molecule has 0 unspecified atom stereocenters. The first-order chi connectivity index (χ1) is 7.38. The Hall–Kier alpha value is -0.700. The lowest BCUT2D eigenvalue weighted by molar-refractivity contribution is -0.140. The molecule has 2 atom stereocenters. The molecule has 16 heavy (non-hydrogen) atoms. The maximum Gasteiger partial charge on any atom is 0.322 e. The van der Waals surface area contributed by atoms with E-state index in [1.807, 2.05) is 0 Å². The molecular weight excluding hydrogens is 238 g/mol. The molecule has 1 rings (SSSR count). The van der Waals surface area contributed by atoms with Crippen LogP contribution in [0.15, 0.2) is 0 Å². The van der Waals surface area contributed by atoms with Gasteiger partial charge in [0.15, 0.2) is 0 Å². The van der Waals surface area contributed by atoms with Crippen LogP contribution in [0, 0.1) is 0 Å². The third-order valence-electron chi connectivity index (χ3n) is 2.42. The molecular formula is C8H15NO6S. The molecule has 8 heteroatoms. The van der Waals surface area contributed by atoms with Crippen LogP contribution in [0.1, 0.15) is 6.42 Å². The molecule has 94 valence electrons. The van der Waals surface area contributed by atoms with Gasteiger partial charge in [0, 0.05) is 20.1 Å². The van der Waals surface area contributed by atoms with Gasteiger partial charge >= 0.3 is 5.97 Å². The maximum absolute atomic E-state index is 11.7. The van der Waals surface area contributed by atoms with Crippen LogP contribution in [-0.2, 0) is 19.6 Å². The van der Waals surface area contributed by atoms with E-state index in [2.05, 4.69) is 4.74 Å². The fraction of sp³-hybridized carbons (Fsp3) is 0.875. The molecule has 0 radical (unpaired) electrons. The van der Waals surface area contributed by atoms with Gasteiger partial charge in [-0.3, -0.25) is 4.79 Å². The highest BCUT2D eigenvalue weighted by Gasteiger charge is 2.42. The second-order valence-corrected chi connectivity index (χ2v) is 5.66. The van der Waals surface area contributed by atoms with Crippen molar-refractivity contribution in [1.82, 2.24) is 4.31 Å². The van der Waals surface area contributed by atoms with Gasteiger partial charge in [-0.1, -0.05) is 0 Å². The molecule has 2 N–H and O–H groups in total. The Morgan fingerprint density at radius 1 is 1.56 bits per heavy atom. The van der Waals surface area contributed by atoms with Gasteiger partial charge in [-0.25, -0.2) is 8.42 Å². The standard InChI is InChI=1S/C8H15NO6S/c1-15-2-3-16(13,14)9-5-6(10)4-7(9)8(11)12/h6-7,10H,2-5H2,1H3,(H,11,12)/t6-,7-/m0/s1. The summed E-state index contributed by atoms with van der Waals surface area (Å²) in [6, 6.07) is -1.17. The van der Waals surface area contributed by atoms with Crippen LogP contribution >= 0.6 is 0 Å². The van der Waals surface area contributed by atoms with Crippen LogP contribution in [0.5, 0.6) is 0 Å². The minimum atomic E-state index is -3.68. The summed E-state index contributed by atoms with van der Waals surface area (Å²) in [5.74, 6) is -1.52. The lowest BCUT2D eigenvalue weighted by atomic mass is 10.2. The van der Waals surface area contributed by atoms with E-state index in [1.165, 1.54) is 7.11 Å². The third-order valence-corrected chi connectivity index (χ3v) is 4.22.